The highest BCUT2D eigenvalue weighted by atomic mass is 16.5. The second-order valence-corrected chi connectivity index (χ2v) is 7.63. The van der Waals surface area contributed by atoms with Crippen molar-refractivity contribution in [3.63, 3.8) is 0 Å². The number of aryl methyl sites for hydroxylation is 1. The molecule has 0 atom stereocenters. The first kappa shape index (κ1) is 16.4. The molecule has 2 aromatic carbocycles. The predicted octanol–water partition coefficient (Wildman–Crippen LogP) is 3.42. The Morgan fingerprint density at radius 2 is 1.81 bits per heavy atom. The third-order valence-electron chi connectivity index (χ3n) is 6.01. The number of piperidine rings is 1. The van der Waals surface area contributed by atoms with Gasteiger partial charge in [0.1, 0.15) is 17.9 Å². The number of carbonyl (C=O) groups excluding carboxylic acids is 1. The molecule has 1 fully saturated rings. The van der Waals surface area contributed by atoms with Crippen molar-refractivity contribution >= 4 is 16.9 Å². The number of nitrogens with zero attached hydrogens (tertiary/aromatic N) is 3. The molecule has 5 rings (SSSR count). The Morgan fingerprint density at radius 1 is 1.04 bits per heavy atom. The van der Waals surface area contributed by atoms with E-state index in [4.69, 9.17) is 4.74 Å². The van der Waals surface area contributed by atoms with Gasteiger partial charge in [-0.25, -0.2) is 4.98 Å². The minimum atomic E-state index is -0.104. The van der Waals surface area contributed by atoms with Gasteiger partial charge in [0, 0.05) is 25.9 Å². The van der Waals surface area contributed by atoms with E-state index in [-0.39, 0.29) is 11.5 Å². The quantitative estimate of drug-likeness (QED) is 0.703. The van der Waals surface area contributed by atoms with Gasteiger partial charge in [-0.3, -0.25) is 4.79 Å². The fourth-order valence-electron chi connectivity index (χ4n) is 4.35. The summed E-state index contributed by atoms with van der Waals surface area (Å²) in [6.45, 7) is 1.86. The first-order chi connectivity index (χ1) is 13.2. The van der Waals surface area contributed by atoms with Gasteiger partial charge in [-0.1, -0.05) is 30.3 Å². The number of benzene rings is 2. The summed E-state index contributed by atoms with van der Waals surface area (Å²) in [6.07, 6.45) is 5.66. The average molecular weight is 361 g/mol. The average Bonchev–Trinajstić information content (AvgIpc) is 3.11. The summed E-state index contributed by atoms with van der Waals surface area (Å²) < 4.78 is 8.34. The molecule has 0 radical (unpaired) electrons. The molecule has 1 saturated heterocycles. The Balaban J connectivity index is 1.25. The molecular weight excluding hydrogens is 338 g/mol. The van der Waals surface area contributed by atoms with E-state index >= 15 is 0 Å². The molecule has 2 aliphatic heterocycles. The standard InChI is InChI=1S/C22H23N3O2/c26-21(15-25-16-23-18-6-2-3-7-19(18)25)24-13-11-22(12-14-24)10-9-17-5-1-4-8-20(17)27-22/h1-8,16H,9-15H2. The molecule has 0 aliphatic carbocycles. The molecule has 0 N–H and O–H groups in total. The second-order valence-electron chi connectivity index (χ2n) is 7.63. The molecular formula is C22H23N3O2. The number of fused-ring (bicyclic) bond motifs is 2. The van der Waals surface area contributed by atoms with Crippen LogP contribution in [0.25, 0.3) is 11.0 Å². The molecule has 1 spiro atoms. The molecule has 3 aromatic rings. The van der Waals surface area contributed by atoms with Crippen LogP contribution in [0.4, 0.5) is 0 Å². The number of para-hydroxylation sites is 3. The highest BCUT2D eigenvalue weighted by Crippen LogP contribution is 2.39. The number of hydrogen-bond donors (Lipinski definition) is 0. The van der Waals surface area contributed by atoms with Crippen molar-refractivity contribution in [1.29, 1.82) is 0 Å². The number of aromatic nitrogens is 2. The summed E-state index contributed by atoms with van der Waals surface area (Å²) >= 11 is 0. The zero-order chi connectivity index (χ0) is 18.3. The SMILES string of the molecule is O=C(Cn1cnc2ccccc21)N1CCC2(CCc3ccccc3O2)CC1. The minimum absolute atomic E-state index is 0.104. The number of carbonyl (C=O) groups is 1. The van der Waals surface area contributed by atoms with Gasteiger partial charge in [-0.05, 0) is 36.6 Å². The van der Waals surface area contributed by atoms with E-state index in [1.54, 1.807) is 6.33 Å². The highest BCUT2D eigenvalue weighted by molar-refractivity contribution is 5.80. The van der Waals surface area contributed by atoms with Gasteiger partial charge in [-0.2, -0.15) is 0 Å². The van der Waals surface area contributed by atoms with E-state index in [2.05, 4.69) is 23.2 Å². The molecule has 1 aromatic heterocycles. The summed E-state index contributed by atoms with van der Waals surface area (Å²) in [6, 6.07) is 16.2. The number of hydrogen-bond acceptors (Lipinski definition) is 3. The summed E-state index contributed by atoms with van der Waals surface area (Å²) in [5.74, 6) is 1.18. The van der Waals surface area contributed by atoms with Gasteiger partial charge in [0.15, 0.2) is 0 Å². The molecule has 2 aliphatic rings. The summed E-state index contributed by atoms with van der Waals surface area (Å²) in [5, 5.41) is 0. The molecule has 27 heavy (non-hydrogen) atoms. The first-order valence-corrected chi connectivity index (χ1v) is 9.67. The van der Waals surface area contributed by atoms with Crippen molar-refractivity contribution in [2.24, 2.45) is 0 Å². The number of amides is 1. The van der Waals surface area contributed by atoms with Crippen LogP contribution in [0.5, 0.6) is 5.75 Å². The van der Waals surface area contributed by atoms with E-state index in [9.17, 15) is 4.79 Å². The lowest BCUT2D eigenvalue weighted by atomic mass is 9.83. The molecule has 0 saturated carbocycles. The number of imidazole rings is 1. The van der Waals surface area contributed by atoms with Crippen LogP contribution in [0.1, 0.15) is 24.8 Å². The third-order valence-corrected chi connectivity index (χ3v) is 6.01. The molecule has 138 valence electrons. The maximum atomic E-state index is 12.8. The smallest absolute Gasteiger partial charge is 0.242 e. The molecule has 5 nitrogen and oxygen atoms in total. The van der Waals surface area contributed by atoms with Crippen LogP contribution in [0.15, 0.2) is 54.9 Å². The van der Waals surface area contributed by atoms with Crippen LogP contribution < -0.4 is 4.74 Å². The zero-order valence-electron chi connectivity index (χ0n) is 15.3. The largest absolute Gasteiger partial charge is 0.487 e. The Morgan fingerprint density at radius 3 is 2.70 bits per heavy atom. The molecule has 0 bridgehead atoms. The van der Waals surface area contributed by atoms with Gasteiger partial charge in [0.2, 0.25) is 5.91 Å². The van der Waals surface area contributed by atoms with Gasteiger partial charge in [0.05, 0.1) is 17.4 Å². The van der Waals surface area contributed by atoms with Crippen molar-refractivity contribution in [2.45, 2.75) is 37.8 Å². The Bertz CT molecular complexity index is 986. The first-order valence-electron chi connectivity index (χ1n) is 9.67. The zero-order valence-corrected chi connectivity index (χ0v) is 15.3. The third kappa shape index (κ3) is 2.97. The highest BCUT2D eigenvalue weighted by Gasteiger charge is 2.40. The minimum Gasteiger partial charge on any atom is -0.487 e. The van der Waals surface area contributed by atoms with Crippen LogP contribution in [0.3, 0.4) is 0 Å². The molecule has 1 amide bonds. The van der Waals surface area contributed by atoms with E-state index < -0.39 is 0 Å². The number of likely N-dealkylation sites (tertiary alicyclic amines) is 1. The maximum Gasteiger partial charge on any atom is 0.242 e. The van der Waals surface area contributed by atoms with Gasteiger partial charge in [0.25, 0.3) is 0 Å². The fraction of sp³-hybridized carbons (Fsp3) is 0.364. The van der Waals surface area contributed by atoms with Crippen LogP contribution >= 0.6 is 0 Å². The second kappa shape index (κ2) is 6.41. The topological polar surface area (TPSA) is 47.4 Å². The molecule has 5 heteroatoms. The molecule has 3 heterocycles. The Hall–Kier alpha value is -2.82. The predicted molar refractivity (Wildman–Crippen MR) is 104 cm³/mol. The Labute approximate surface area is 158 Å². The maximum absolute atomic E-state index is 12.8. The summed E-state index contributed by atoms with van der Waals surface area (Å²) in [7, 11) is 0. The summed E-state index contributed by atoms with van der Waals surface area (Å²) in [4.78, 5) is 19.2. The van der Waals surface area contributed by atoms with Gasteiger partial charge >= 0.3 is 0 Å². The number of rotatable bonds is 2. The van der Waals surface area contributed by atoms with Crippen LogP contribution in [-0.4, -0.2) is 39.0 Å². The van der Waals surface area contributed by atoms with Gasteiger partial charge in [-0.15, -0.1) is 0 Å². The van der Waals surface area contributed by atoms with Crippen molar-refractivity contribution < 1.29 is 9.53 Å². The lowest BCUT2D eigenvalue weighted by molar-refractivity contribution is -0.135. The Kier molecular flexibility index (Phi) is 3.88. The van der Waals surface area contributed by atoms with E-state index in [0.29, 0.717) is 6.54 Å². The van der Waals surface area contributed by atoms with Crippen LogP contribution in [-0.2, 0) is 17.8 Å². The van der Waals surface area contributed by atoms with Crippen molar-refractivity contribution in [2.75, 3.05) is 13.1 Å². The normalized spacial score (nSPS) is 18.3. The van der Waals surface area contributed by atoms with E-state index in [0.717, 1.165) is 55.6 Å². The van der Waals surface area contributed by atoms with Crippen molar-refractivity contribution in [3.8, 4) is 5.75 Å². The fourth-order valence-corrected chi connectivity index (χ4v) is 4.35. The number of ether oxygens (including phenoxy) is 1. The van der Waals surface area contributed by atoms with Crippen molar-refractivity contribution in [1.82, 2.24) is 14.5 Å². The molecule has 0 unspecified atom stereocenters. The lowest BCUT2D eigenvalue weighted by Gasteiger charge is -2.44. The summed E-state index contributed by atoms with van der Waals surface area (Å²) in [5.41, 5.74) is 3.13. The van der Waals surface area contributed by atoms with Crippen molar-refractivity contribution in [3.05, 3.63) is 60.4 Å². The van der Waals surface area contributed by atoms with Crippen LogP contribution in [0, 0.1) is 0 Å². The van der Waals surface area contributed by atoms with E-state index in [1.165, 1.54) is 5.56 Å². The lowest BCUT2D eigenvalue weighted by Crippen LogP contribution is -2.51. The van der Waals surface area contributed by atoms with E-state index in [1.807, 2.05) is 39.8 Å². The van der Waals surface area contributed by atoms with Crippen LogP contribution in [0.2, 0.25) is 0 Å². The monoisotopic (exact) mass is 361 g/mol. The van der Waals surface area contributed by atoms with Gasteiger partial charge < -0.3 is 14.2 Å².